The molecule has 0 aromatic heterocycles. The zero-order chi connectivity index (χ0) is 28.2. The zero-order valence-electron chi connectivity index (χ0n) is 22.8. The van der Waals surface area contributed by atoms with E-state index in [1.54, 1.807) is 22.9 Å². The molecule has 1 fully saturated rings. The minimum Gasteiger partial charge on any atom is -0.482 e. The molecule has 0 aliphatic carbocycles. The van der Waals surface area contributed by atoms with Gasteiger partial charge in [0.15, 0.2) is 12.2 Å². The first-order valence-corrected chi connectivity index (χ1v) is 16.6. The van der Waals surface area contributed by atoms with Crippen LogP contribution in [0.2, 0.25) is 18.6 Å². The van der Waals surface area contributed by atoms with Gasteiger partial charge in [-0.05, 0) is 55.4 Å². The van der Waals surface area contributed by atoms with Crippen molar-refractivity contribution >= 4 is 37.3 Å². The molecule has 3 heterocycles. The van der Waals surface area contributed by atoms with E-state index in [1.807, 2.05) is 79.7 Å². The van der Waals surface area contributed by atoms with Crippen molar-refractivity contribution in [2.24, 2.45) is 5.92 Å². The molecule has 0 radical (unpaired) electrons. The number of para-hydroxylation sites is 3. The fourth-order valence-electron chi connectivity index (χ4n) is 6.87. The predicted octanol–water partition coefficient (Wildman–Crippen LogP) is 5.45. The summed E-state index contributed by atoms with van der Waals surface area (Å²) in [6.45, 7) is 5.37. The van der Waals surface area contributed by atoms with Crippen LogP contribution in [0.25, 0.3) is 0 Å². The van der Waals surface area contributed by atoms with E-state index >= 15 is 4.11 Å². The Kier molecular flexibility index (Phi) is 6.56. The molecule has 3 aromatic rings. The first-order valence-electron chi connectivity index (χ1n) is 13.7. The highest BCUT2D eigenvalue weighted by atomic mass is 28.4. The predicted molar refractivity (Wildman–Crippen MR) is 153 cm³/mol. The molecular formula is C31H33FN2O5Si. The van der Waals surface area contributed by atoms with Gasteiger partial charge >= 0.3 is 0 Å². The maximum absolute atomic E-state index is 15.6. The third kappa shape index (κ3) is 4.06. The molecule has 4 atom stereocenters. The van der Waals surface area contributed by atoms with Crippen LogP contribution in [-0.4, -0.2) is 44.6 Å². The van der Waals surface area contributed by atoms with Crippen molar-refractivity contribution in [2.75, 3.05) is 23.0 Å². The van der Waals surface area contributed by atoms with Gasteiger partial charge in [0, 0.05) is 29.3 Å². The Morgan fingerprint density at radius 1 is 1.00 bits per heavy atom. The molecule has 208 valence electrons. The van der Waals surface area contributed by atoms with Crippen LogP contribution in [0.4, 0.5) is 21.2 Å². The molecule has 0 unspecified atom stereocenters. The number of anilines is 3. The Balaban J connectivity index is 1.32. The van der Waals surface area contributed by atoms with Gasteiger partial charge in [-0.3, -0.25) is 14.5 Å². The Bertz CT molecular complexity index is 1460. The molecule has 6 rings (SSSR count). The van der Waals surface area contributed by atoms with Gasteiger partial charge in [0.05, 0.1) is 24.0 Å². The van der Waals surface area contributed by atoms with Gasteiger partial charge in [-0.2, -0.15) is 0 Å². The number of fused-ring (bicyclic) bond motifs is 3. The summed E-state index contributed by atoms with van der Waals surface area (Å²) < 4.78 is 27.7. The number of benzene rings is 3. The molecule has 9 heteroatoms. The number of ether oxygens (including phenoxy) is 2. The summed E-state index contributed by atoms with van der Waals surface area (Å²) in [6, 6.07) is 22.6. The quantitative estimate of drug-likeness (QED) is 0.321. The van der Waals surface area contributed by atoms with E-state index in [2.05, 4.69) is 0 Å². The van der Waals surface area contributed by atoms with Gasteiger partial charge in [0.25, 0.3) is 11.8 Å². The molecule has 1 spiro atoms. The Hall–Kier alpha value is -3.53. The van der Waals surface area contributed by atoms with Crippen molar-refractivity contribution in [1.82, 2.24) is 0 Å². The van der Waals surface area contributed by atoms with Crippen LogP contribution in [0.15, 0.2) is 72.8 Å². The van der Waals surface area contributed by atoms with Crippen molar-refractivity contribution in [2.45, 2.75) is 50.2 Å². The van der Waals surface area contributed by atoms with Gasteiger partial charge in [0.2, 0.25) is 8.41 Å². The van der Waals surface area contributed by atoms with Crippen molar-refractivity contribution in [1.29, 1.82) is 0 Å². The number of rotatable bonds is 6. The maximum Gasteiger partial charge on any atom is 0.269 e. The largest absolute Gasteiger partial charge is 0.482 e. The second-order valence-corrected chi connectivity index (χ2v) is 15.1. The third-order valence-electron chi connectivity index (χ3n) is 8.52. The number of carbonyl (C=O) groups excluding carboxylic acids is 2. The minimum atomic E-state index is -3.23. The minimum absolute atomic E-state index is 0.0328. The molecule has 3 aliphatic heterocycles. The highest BCUT2D eigenvalue weighted by Gasteiger charge is 2.66. The third-order valence-corrected chi connectivity index (χ3v) is 11.0. The SMILES string of the molecule is C[C@H]1[C@H]([Si](C)(C)F)[C@@H](CCO)O[C@]12C(=O)N(Cc1ccc(N3C(=O)COc4ccccc43)cc1)c1ccccc12. The molecule has 2 amide bonds. The second-order valence-electron chi connectivity index (χ2n) is 11.3. The summed E-state index contributed by atoms with van der Waals surface area (Å²) in [5, 5.41) is 9.71. The highest BCUT2D eigenvalue weighted by Crippen LogP contribution is 2.60. The standard InChI is InChI=1S/C31H33FN2O5Si/c1-20-29(40(2,3)32)27(16-17-35)39-31(20)23-8-4-5-9-24(23)33(30(31)37)18-21-12-14-22(15-13-21)34-25-10-6-7-11-26(25)38-19-28(34)36/h4-15,20,27,29,35H,16-19H2,1-3H3/t20-,27+,29-,31+/m0/s1. The van der Waals surface area contributed by atoms with Gasteiger partial charge < -0.3 is 23.6 Å². The molecule has 0 bridgehead atoms. The van der Waals surface area contributed by atoms with Crippen LogP contribution >= 0.6 is 0 Å². The van der Waals surface area contributed by atoms with Gasteiger partial charge in [0.1, 0.15) is 5.75 Å². The summed E-state index contributed by atoms with van der Waals surface area (Å²) in [4.78, 5) is 30.4. The lowest BCUT2D eigenvalue weighted by molar-refractivity contribution is -0.146. The number of hydrogen-bond donors (Lipinski definition) is 1. The lowest BCUT2D eigenvalue weighted by atomic mass is 9.82. The van der Waals surface area contributed by atoms with Crippen LogP contribution in [0.3, 0.4) is 0 Å². The lowest BCUT2D eigenvalue weighted by Crippen LogP contribution is -2.45. The Morgan fingerprint density at radius 3 is 2.38 bits per heavy atom. The zero-order valence-corrected chi connectivity index (χ0v) is 23.8. The van der Waals surface area contributed by atoms with E-state index in [1.165, 1.54) is 0 Å². The molecule has 1 saturated heterocycles. The smallest absolute Gasteiger partial charge is 0.269 e. The number of nitrogens with zero attached hydrogens (tertiary/aromatic N) is 2. The number of aliphatic hydroxyl groups is 1. The van der Waals surface area contributed by atoms with Gasteiger partial charge in [-0.1, -0.05) is 49.4 Å². The first kappa shape index (κ1) is 26.7. The number of carbonyl (C=O) groups is 2. The average molecular weight is 561 g/mol. The van der Waals surface area contributed by atoms with E-state index < -0.39 is 25.7 Å². The molecule has 0 saturated carbocycles. The van der Waals surface area contributed by atoms with Gasteiger partial charge in [-0.15, -0.1) is 0 Å². The molecule has 3 aromatic carbocycles. The van der Waals surface area contributed by atoms with Crippen LogP contribution in [0.1, 0.15) is 24.5 Å². The second kappa shape index (κ2) is 9.83. The van der Waals surface area contributed by atoms with Crippen LogP contribution in [0.5, 0.6) is 5.75 Å². The fraction of sp³-hybridized carbons (Fsp3) is 0.355. The Labute approximate surface area is 234 Å². The van der Waals surface area contributed by atoms with Crippen LogP contribution in [-0.2, 0) is 26.5 Å². The summed E-state index contributed by atoms with van der Waals surface area (Å²) in [7, 11) is -3.23. The lowest BCUT2D eigenvalue weighted by Gasteiger charge is -2.31. The van der Waals surface area contributed by atoms with Crippen LogP contribution in [0, 0.1) is 5.92 Å². The molecule has 7 nitrogen and oxygen atoms in total. The maximum atomic E-state index is 15.6. The van der Waals surface area contributed by atoms with E-state index in [0.717, 1.165) is 16.8 Å². The van der Waals surface area contributed by atoms with Crippen LogP contribution < -0.4 is 14.5 Å². The highest BCUT2D eigenvalue weighted by molar-refractivity contribution is 6.72. The van der Waals surface area contributed by atoms with E-state index in [4.69, 9.17) is 9.47 Å². The number of aliphatic hydroxyl groups excluding tert-OH is 1. The number of amides is 2. The molecular weight excluding hydrogens is 527 g/mol. The number of hydrogen-bond acceptors (Lipinski definition) is 5. The monoisotopic (exact) mass is 560 g/mol. The van der Waals surface area contributed by atoms with Crippen molar-refractivity contribution in [3.8, 4) is 5.75 Å². The Morgan fingerprint density at radius 2 is 1.68 bits per heavy atom. The van der Waals surface area contributed by atoms with Crippen molar-refractivity contribution in [3.05, 3.63) is 83.9 Å². The normalized spacial score (nSPS) is 25.8. The summed E-state index contributed by atoms with van der Waals surface area (Å²) in [5.41, 5.74) is 2.08. The molecule has 3 aliphatic rings. The molecule has 1 N–H and O–H groups in total. The van der Waals surface area contributed by atoms with Gasteiger partial charge in [-0.25, -0.2) is 0 Å². The van der Waals surface area contributed by atoms with E-state index in [9.17, 15) is 14.7 Å². The van der Waals surface area contributed by atoms with Crippen molar-refractivity contribution < 1.29 is 28.3 Å². The summed E-state index contributed by atoms with van der Waals surface area (Å²) >= 11 is 0. The fourth-order valence-corrected chi connectivity index (χ4v) is 9.42. The summed E-state index contributed by atoms with van der Waals surface area (Å²) in [5.74, 6) is -0.0927. The average Bonchev–Trinajstić information content (AvgIpc) is 3.36. The van der Waals surface area contributed by atoms with Crippen molar-refractivity contribution in [3.63, 3.8) is 0 Å². The van der Waals surface area contributed by atoms with E-state index in [-0.39, 0.29) is 37.4 Å². The number of halogens is 1. The van der Waals surface area contributed by atoms with E-state index in [0.29, 0.717) is 23.7 Å². The summed E-state index contributed by atoms with van der Waals surface area (Å²) in [6.07, 6.45) is -0.242. The first-order chi connectivity index (χ1) is 19.2. The topological polar surface area (TPSA) is 79.3 Å². The molecule has 40 heavy (non-hydrogen) atoms.